The van der Waals surface area contributed by atoms with E-state index in [9.17, 15) is 14.9 Å². The van der Waals surface area contributed by atoms with Crippen molar-refractivity contribution in [1.82, 2.24) is 14.7 Å². The van der Waals surface area contributed by atoms with Gasteiger partial charge in [0.2, 0.25) is 5.91 Å². The number of nitro benzene ring substituents is 1. The van der Waals surface area contributed by atoms with Gasteiger partial charge in [-0.25, -0.2) is 4.68 Å². The maximum Gasteiger partial charge on any atom is 0.269 e. The number of benzene rings is 2. The quantitative estimate of drug-likeness (QED) is 0.370. The van der Waals surface area contributed by atoms with Gasteiger partial charge >= 0.3 is 0 Å². The minimum atomic E-state index is -0.442. The van der Waals surface area contributed by atoms with Crippen molar-refractivity contribution in [2.45, 2.75) is 13.0 Å². The van der Waals surface area contributed by atoms with Crippen molar-refractivity contribution in [3.8, 4) is 5.69 Å². The molecular weight excluding hydrogens is 356 g/mol. The number of nitro groups is 1. The minimum absolute atomic E-state index is 0.00840. The van der Waals surface area contributed by atoms with E-state index in [1.807, 2.05) is 43.5 Å². The van der Waals surface area contributed by atoms with Crippen molar-refractivity contribution >= 4 is 17.7 Å². The van der Waals surface area contributed by atoms with E-state index in [0.717, 1.165) is 11.3 Å². The van der Waals surface area contributed by atoms with Gasteiger partial charge in [-0.2, -0.15) is 5.10 Å². The molecule has 2 aromatic carbocycles. The summed E-state index contributed by atoms with van der Waals surface area (Å²) in [6.45, 7) is 1.83. The summed E-state index contributed by atoms with van der Waals surface area (Å²) < 4.78 is 1.74. The third kappa shape index (κ3) is 4.32. The van der Waals surface area contributed by atoms with Gasteiger partial charge in [0, 0.05) is 37.0 Å². The van der Waals surface area contributed by atoms with E-state index in [2.05, 4.69) is 5.10 Å². The van der Waals surface area contributed by atoms with Crippen LogP contribution in [0.5, 0.6) is 0 Å². The Morgan fingerprint density at radius 3 is 2.68 bits per heavy atom. The summed E-state index contributed by atoms with van der Waals surface area (Å²) in [6.07, 6.45) is 6.69. The van der Waals surface area contributed by atoms with Gasteiger partial charge in [0.05, 0.1) is 22.8 Å². The van der Waals surface area contributed by atoms with E-state index in [4.69, 9.17) is 0 Å². The second kappa shape index (κ2) is 8.30. The highest BCUT2D eigenvalue weighted by molar-refractivity contribution is 5.91. The molecule has 0 saturated heterocycles. The number of hydrogen-bond acceptors (Lipinski definition) is 4. The number of amides is 1. The Kier molecular flexibility index (Phi) is 5.64. The van der Waals surface area contributed by atoms with Gasteiger partial charge in [-0.1, -0.05) is 30.3 Å². The molecule has 1 aromatic heterocycles. The molecule has 1 heterocycles. The first kappa shape index (κ1) is 19.0. The topological polar surface area (TPSA) is 81.3 Å². The van der Waals surface area contributed by atoms with Crippen molar-refractivity contribution in [3.63, 3.8) is 0 Å². The zero-order valence-corrected chi connectivity index (χ0v) is 15.6. The predicted molar refractivity (Wildman–Crippen MR) is 107 cm³/mol. The third-order valence-corrected chi connectivity index (χ3v) is 4.53. The number of rotatable bonds is 6. The van der Waals surface area contributed by atoms with Crippen molar-refractivity contribution in [1.29, 1.82) is 0 Å². The Hall–Kier alpha value is -3.74. The standard InChI is InChI=1S/C21H20N4O3/c1-16(18-7-6-10-20(13-18)25(27)28)23(2)21(26)12-11-17-14-22-24(15-17)19-8-4-3-5-9-19/h3-16H,1-2H3/b12-11+. The molecule has 0 N–H and O–H groups in total. The highest BCUT2D eigenvalue weighted by atomic mass is 16.6. The van der Waals surface area contributed by atoms with Gasteiger partial charge in [0.15, 0.2) is 0 Å². The lowest BCUT2D eigenvalue weighted by Crippen LogP contribution is -2.28. The highest BCUT2D eigenvalue weighted by Crippen LogP contribution is 2.23. The Bertz CT molecular complexity index is 1010. The normalized spacial score (nSPS) is 12.1. The molecule has 0 spiro atoms. The van der Waals surface area contributed by atoms with Gasteiger partial charge in [-0.3, -0.25) is 14.9 Å². The largest absolute Gasteiger partial charge is 0.335 e. The van der Waals surface area contributed by atoms with Crippen LogP contribution >= 0.6 is 0 Å². The Balaban J connectivity index is 1.69. The highest BCUT2D eigenvalue weighted by Gasteiger charge is 2.17. The number of carbonyl (C=O) groups is 1. The van der Waals surface area contributed by atoms with Crippen LogP contribution in [0.15, 0.2) is 73.1 Å². The second-order valence-electron chi connectivity index (χ2n) is 6.36. The fourth-order valence-corrected chi connectivity index (χ4v) is 2.74. The molecule has 28 heavy (non-hydrogen) atoms. The molecule has 0 radical (unpaired) electrons. The van der Waals surface area contributed by atoms with Crippen LogP contribution in [0.4, 0.5) is 5.69 Å². The first-order valence-electron chi connectivity index (χ1n) is 8.75. The number of nitrogens with zero attached hydrogens (tertiary/aromatic N) is 4. The van der Waals surface area contributed by atoms with Gasteiger partial charge in [0.25, 0.3) is 5.69 Å². The molecule has 0 saturated carbocycles. The predicted octanol–water partition coefficient (Wildman–Crippen LogP) is 4.01. The van der Waals surface area contributed by atoms with Gasteiger partial charge in [-0.05, 0) is 30.7 Å². The zero-order chi connectivity index (χ0) is 20.1. The lowest BCUT2D eigenvalue weighted by Gasteiger charge is -2.24. The number of hydrogen-bond donors (Lipinski definition) is 0. The molecule has 3 aromatic rings. The summed E-state index contributed by atoms with van der Waals surface area (Å²) in [5.74, 6) is -0.202. The van der Waals surface area contributed by atoms with E-state index >= 15 is 0 Å². The molecule has 3 rings (SSSR count). The van der Waals surface area contributed by atoms with Crippen LogP contribution in [-0.2, 0) is 4.79 Å². The first-order chi connectivity index (χ1) is 13.5. The fourth-order valence-electron chi connectivity index (χ4n) is 2.74. The Labute approximate surface area is 162 Å². The lowest BCUT2D eigenvalue weighted by molar-refractivity contribution is -0.384. The smallest absolute Gasteiger partial charge is 0.269 e. The fraction of sp³-hybridized carbons (Fsp3) is 0.143. The van der Waals surface area contributed by atoms with Gasteiger partial charge < -0.3 is 4.90 Å². The van der Waals surface area contributed by atoms with Crippen LogP contribution in [0.2, 0.25) is 0 Å². The summed E-state index contributed by atoms with van der Waals surface area (Å²) in [5.41, 5.74) is 2.45. The van der Waals surface area contributed by atoms with Crippen molar-refractivity contribution < 1.29 is 9.72 Å². The summed E-state index contributed by atoms with van der Waals surface area (Å²) in [6, 6.07) is 15.7. The van der Waals surface area contributed by atoms with Crippen molar-refractivity contribution in [2.24, 2.45) is 0 Å². The minimum Gasteiger partial charge on any atom is -0.335 e. The molecule has 1 amide bonds. The molecule has 1 atom stereocenters. The third-order valence-electron chi connectivity index (χ3n) is 4.53. The molecule has 0 aliphatic carbocycles. The number of aromatic nitrogens is 2. The number of para-hydroxylation sites is 1. The molecule has 1 unspecified atom stereocenters. The van der Waals surface area contributed by atoms with Gasteiger partial charge in [-0.15, -0.1) is 0 Å². The molecule has 7 heteroatoms. The number of non-ortho nitro benzene ring substituents is 1. The Morgan fingerprint density at radius 2 is 1.96 bits per heavy atom. The molecule has 0 aliphatic rings. The molecule has 0 fully saturated rings. The average Bonchev–Trinajstić information content (AvgIpc) is 3.20. The maximum absolute atomic E-state index is 12.5. The molecule has 0 bridgehead atoms. The van der Waals surface area contributed by atoms with Crippen LogP contribution < -0.4 is 0 Å². The van der Waals surface area contributed by atoms with E-state index in [-0.39, 0.29) is 17.6 Å². The maximum atomic E-state index is 12.5. The second-order valence-corrected chi connectivity index (χ2v) is 6.36. The summed E-state index contributed by atoms with van der Waals surface area (Å²) in [5, 5.41) is 15.2. The number of likely N-dealkylation sites (N-methyl/N-ethyl adjacent to an activating group) is 1. The summed E-state index contributed by atoms with van der Waals surface area (Å²) in [4.78, 5) is 24.6. The van der Waals surface area contributed by atoms with E-state index < -0.39 is 4.92 Å². The summed E-state index contributed by atoms with van der Waals surface area (Å²) in [7, 11) is 1.67. The average molecular weight is 376 g/mol. The van der Waals surface area contributed by atoms with Crippen LogP contribution in [0.3, 0.4) is 0 Å². The Morgan fingerprint density at radius 1 is 1.21 bits per heavy atom. The lowest BCUT2D eigenvalue weighted by atomic mass is 10.1. The SMILES string of the molecule is CC(c1cccc([N+](=O)[O-])c1)N(C)C(=O)/C=C/c1cnn(-c2ccccc2)c1. The van der Waals surface area contributed by atoms with Gasteiger partial charge in [0.1, 0.15) is 0 Å². The van der Waals surface area contributed by atoms with Crippen LogP contribution in [0.25, 0.3) is 11.8 Å². The first-order valence-corrected chi connectivity index (χ1v) is 8.75. The van der Waals surface area contributed by atoms with Crippen LogP contribution in [-0.4, -0.2) is 32.6 Å². The van der Waals surface area contributed by atoms with Crippen LogP contribution in [0, 0.1) is 10.1 Å². The monoisotopic (exact) mass is 376 g/mol. The molecule has 0 aliphatic heterocycles. The molecule has 7 nitrogen and oxygen atoms in total. The molecular formula is C21H20N4O3. The van der Waals surface area contributed by atoms with E-state index in [1.54, 1.807) is 36.1 Å². The van der Waals surface area contributed by atoms with E-state index in [1.165, 1.54) is 23.1 Å². The number of carbonyl (C=O) groups excluding carboxylic acids is 1. The van der Waals surface area contributed by atoms with Crippen molar-refractivity contribution in [2.75, 3.05) is 7.05 Å². The zero-order valence-electron chi connectivity index (χ0n) is 15.6. The summed E-state index contributed by atoms with van der Waals surface area (Å²) >= 11 is 0. The van der Waals surface area contributed by atoms with E-state index in [0.29, 0.717) is 5.56 Å². The van der Waals surface area contributed by atoms with Crippen molar-refractivity contribution in [3.05, 3.63) is 94.3 Å². The molecule has 142 valence electrons. The van der Waals surface area contributed by atoms with Crippen LogP contribution in [0.1, 0.15) is 24.1 Å².